The van der Waals surface area contributed by atoms with Gasteiger partial charge in [-0.25, -0.2) is 10.2 Å². The van der Waals surface area contributed by atoms with E-state index in [0.29, 0.717) is 34.8 Å². The Balaban J connectivity index is 1.49. The topological polar surface area (TPSA) is 115 Å². The largest absolute Gasteiger partial charge is 0.494 e. The number of benzene rings is 3. The molecule has 2 N–H and O–H groups in total. The van der Waals surface area contributed by atoms with Gasteiger partial charge in [-0.15, -0.1) is 0 Å². The fraction of sp³-hybridized carbons (Fsp3) is 0.185. The smallest absolute Gasteiger partial charge is 0.343 e. The third-order valence-electron chi connectivity index (χ3n) is 4.80. The number of esters is 1. The van der Waals surface area contributed by atoms with Gasteiger partial charge in [0.25, 0.3) is 11.8 Å². The summed E-state index contributed by atoms with van der Waals surface area (Å²) in [7, 11) is 1.45. The van der Waals surface area contributed by atoms with E-state index in [4.69, 9.17) is 14.2 Å². The first-order valence-electron chi connectivity index (χ1n) is 11.3. The summed E-state index contributed by atoms with van der Waals surface area (Å²) in [5, 5.41) is 6.42. The highest BCUT2D eigenvalue weighted by atomic mass is 16.6. The molecule has 2 amide bonds. The SMILES string of the molecule is CCCOc1ccc(C(=O)NCC(=O)N/N=C\c2ccc(OC(=O)c3ccccc3)c(OC)c2)cc1. The number of methoxy groups -OCH3 is 1. The average molecular weight is 490 g/mol. The Kier molecular flexibility index (Phi) is 9.58. The lowest BCUT2D eigenvalue weighted by Crippen LogP contribution is -2.34. The van der Waals surface area contributed by atoms with Gasteiger partial charge in [-0.3, -0.25) is 9.59 Å². The minimum atomic E-state index is -0.509. The number of ether oxygens (including phenoxy) is 3. The van der Waals surface area contributed by atoms with E-state index in [2.05, 4.69) is 15.8 Å². The molecule has 0 fully saturated rings. The molecule has 186 valence electrons. The highest BCUT2D eigenvalue weighted by Gasteiger charge is 2.12. The Morgan fingerprint density at radius 1 is 0.917 bits per heavy atom. The Labute approximate surface area is 209 Å². The molecular weight excluding hydrogens is 462 g/mol. The van der Waals surface area contributed by atoms with Gasteiger partial charge in [-0.05, 0) is 66.6 Å². The van der Waals surface area contributed by atoms with Crippen LogP contribution in [0.25, 0.3) is 0 Å². The van der Waals surface area contributed by atoms with Gasteiger partial charge in [-0.1, -0.05) is 25.1 Å². The molecule has 0 aliphatic rings. The molecule has 3 aromatic carbocycles. The number of hydrogen-bond donors (Lipinski definition) is 2. The van der Waals surface area contributed by atoms with Gasteiger partial charge in [0.05, 0.1) is 32.0 Å². The maximum absolute atomic E-state index is 12.3. The van der Waals surface area contributed by atoms with Crippen molar-refractivity contribution in [2.45, 2.75) is 13.3 Å². The van der Waals surface area contributed by atoms with Crippen LogP contribution < -0.4 is 25.0 Å². The molecule has 0 saturated heterocycles. The third kappa shape index (κ3) is 7.69. The molecule has 0 aromatic heterocycles. The predicted molar refractivity (Wildman–Crippen MR) is 135 cm³/mol. The minimum Gasteiger partial charge on any atom is -0.494 e. The zero-order valence-electron chi connectivity index (χ0n) is 20.0. The van der Waals surface area contributed by atoms with Crippen molar-refractivity contribution in [3.8, 4) is 17.2 Å². The summed E-state index contributed by atoms with van der Waals surface area (Å²) in [4.78, 5) is 36.5. The van der Waals surface area contributed by atoms with Crippen LogP contribution in [-0.4, -0.2) is 44.3 Å². The van der Waals surface area contributed by atoms with Crippen molar-refractivity contribution in [2.24, 2.45) is 5.10 Å². The van der Waals surface area contributed by atoms with Crippen LogP contribution in [0, 0.1) is 0 Å². The van der Waals surface area contributed by atoms with Gasteiger partial charge in [-0.2, -0.15) is 5.10 Å². The molecule has 0 heterocycles. The number of nitrogens with one attached hydrogen (secondary N) is 2. The van der Waals surface area contributed by atoms with Crippen LogP contribution >= 0.6 is 0 Å². The fourth-order valence-corrected chi connectivity index (χ4v) is 2.99. The van der Waals surface area contributed by atoms with E-state index >= 15 is 0 Å². The van der Waals surface area contributed by atoms with Gasteiger partial charge in [0, 0.05) is 5.56 Å². The zero-order chi connectivity index (χ0) is 25.8. The number of amides is 2. The van der Waals surface area contributed by atoms with Gasteiger partial charge >= 0.3 is 5.97 Å². The van der Waals surface area contributed by atoms with Crippen LogP contribution in [0.3, 0.4) is 0 Å². The van der Waals surface area contributed by atoms with E-state index in [1.54, 1.807) is 72.8 Å². The van der Waals surface area contributed by atoms with E-state index in [1.165, 1.54) is 13.3 Å². The standard InChI is InChI=1S/C27H27N3O6/c1-3-15-35-22-12-10-20(11-13-22)26(32)28-18-25(31)30-29-17-19-9-14-23(24(16-19)34-2)36-27(33)21-7-5-4-6-8-21/h4-14,16-17H,3,15,18H2,1-2H3,(H,28,32)(H,30,31)/b29-17-. The van der Waals surface area contributed by atoms with Gasteiger partial charge in [0.15, 0.2) is 11.5 Å². The van der Waals surface area contributed by atoms with Gasteiger partial charge < -0.3 is 19.5 Å². The third-order valence-corrected chi connectivity index (χ3v) is 4.80. The van der Waals surface area contributed by atoms with Gasteiger partial charge in [0.2, 0.25) is 0 Å². The van der Waals surface area contributed by atoms with Gasteiger partial charge in [0.1, 0.15) is 5.75 Å². The Morgan fingerprint density at radius 3 is 2.36 bits per heavy atom. The van der Waals surface area contributed by atoms with E-state index in [0.717, 1.165) is 6.42 Å². The Bertz CT molecular complexity index is 1210. The van der Waals surface area contributed by atoms with E-state index in [9.17, 15) is 14.4 Å². The molecule has 3 aromatic rings. The molecule has 36 heavy (non-hydrogen) atoms. The number of hydrazone groups is 1. The number of nitrogens with zero attached hydrogens (tertiary/aromatic N) is 1. The summed E-state index contributed by atoms with van der Waals surface area (Å²) >= 11 is 0. The monoisotopic (exact) mass is 489 g/mol. The summed E-state index contributed by atoms with van der Waals surface area (Å²) in [6, 6.07) is 20.1. The summed E-state index contributed by atoms with van der Waals surface area (Å²) in [5.41, 5.74) is 3.77. The van der Waals surface area contributed by atoms with Crippen LogP contribution in [-0.2, 0) is 4.79 Å². The summed E-state index contributed by atoms with van der Waals surface area (Å²) in [5.74, 6) is -0.137. The first kappa shape index (κ1) is 26.0. The molecule has 9 nitrogen and oxygen atoms in total. The second kappa shape index (κ2) is 13.3. The highest BCUT2D eigenvalue weighted by Crippen LogP contribution is 2.28. The lowest BCUT2D eigenvalue weighted by atomic mass is 10.2. The van der Waals surface area contributed by atoms with Crippen LogP contribution in [0.15, 0.2) is 77.9 Å². The lowest BCUT2D eigenvalue weighted by molar-refractivity contribution is -0.120. The number of rotatable bonds is 11. The normalized spacial score (nSPS) is 10.5. The Morgan fingerprint density at radius 2 is 1.67 bits per heavy atom. The lowest BCUT2D eigenvalue weighted by Gasteiger charge is -2.10. The van der Waals surface area contributed by atoms with Crippen molar-refractivity contribution in [1.29, 1.82) is 0 Å². The maximum atomic E-state index is 12.3. The first-order valence-corrected chi connectivity index (χ1v) is 11.3. The molecule has 0 unspecified atom stereocenters. The highest BCUT2D eigenvalue weighted by molar-refractivity contribution is 5.96. The molecule has 0 aliphatic heterocycles. The van der Waals surface area contributed by atoms with Crippen LogP contribution in [0.1, 0.15) is 39.6 Å². The second-order valence-corrected chi connectivity index (χ2v) is 7.51. The van der Waals surface area contributed by atoms with Crippen LogP contribution in [0.2, 0.25) is 0 Å². The van der Waals surface area contributed by atoms with Crippen molar-refractivity contribution in [3.63, 3.8) is 0 Å². The molecule has 0 saturated carbocycles. The predicted octanol–water partition coefficient (Wildman–Crippen LogP) is 3.58. The number of hydrogen-bond acceptors (Lipinski definition) is 7. The molecule has 3 rings (SSSR count). The van der Waals surface area contributed by atoms with Crippen molar-refractivity contribution < 1.29 is 28.6 Å². The molecule has 9 heteroatoms. The average Bonchev–Trinajstić information content (AvgIpc) is 2.92. The molecule has 0 bridgehead atoms. The minimum absolute atomic E-state index is 0.248. The number of carbonyl (C=O) groups excluding carboxylic acids is 3. The maximum Gasteiger partial charge on any atom is 0.343 e. The summed E-state index contributed by atoms with van der Waals surface area (Å²) < 4.78 is 16.2. The summed E-state index contributed by atoms with van der Waals surface area (Å²) in [6.45, 7) is 2.36. The zero-order valence-corrected chi connectivity index (χ0v) is 20.0. The molecule has 0 aliphatic carbocycles. The van der Waals surface area contributed by atoms with Crippen LogP contribution in [0.5, 0.6) is 17.2 Å². The first-order chi connectivity index (χ1) is 17.5. The molecule has 0 atom stereocenters. The quantitative estimate of drug-likeness (QED) is 0.184. The van der Waals surface area contributed by atoms with Crippen LogP contribution in [0.4, 0.5) is 0 Å². The van der Waals surface area contributed by atoms with Crippen molar-refractivity contribution >= 4 is 24.0 Å². The van der Waals surface area contributed by atoms with E-state index < -0.39 is 11.9 Å². The van der Waals surface area contributed by atoms with Crippen molar-refractivity contribution in [3.05, 3.63) is 89.5 Å². The van der Waals surface area contributed by atoms with E-state index in [-0.39, 0.29) is 18.2 Å². The molecular formula is C27H27N3O6. The second-order valence-electron chi connectivity index (χ2n) is 7.51. The van der Waals surface area contributed by atoms with E-state index in [1.807, 2.05) is 6.92 Å². The fourth-order valence-electron chi connectivity index (χ4n) is 2.99. The number of carbonyl (C=O) groups is 3. The summed E-state index contributed by atoms with van der Waals surface area (Å²) in [6.07, 6.45) is 2.29. The van der Waals surface area contributed by atoms with Crippen molar-refractivity contribution in [1.82, 2.24) is 10.7 Å². The molecule has 0 spiro atoms. The Hall–Kier alpha value is -4.66. The van der Waals surface area contributed by atoms with Crippen molar-refractivity contribution in [2.75, 3.05) is 20.3 Å². The molecule has 0 radical (unpaired) electrons.